The first-order chi connectivity index (χ1) is 20.1. The molecule has 0 bridgehead atoms. The molecule has 0 amide bonds. The van der Waals surface area contributed by atoms with E-state index in [0.717, 1.165) is 70.7 Å². The summed E-state index contributed by atoms with van der Waals surface area (Å²) in [6.45, 7) is 6.88. The lowest BCUT2D eigenvalue weighted by atomic mass is 10.1. The molecule has 2 saturated heterocycles. The zero-order valence-electron chi connectivity index (χ0n) is 24.5. The van der Waals surface area contributed by atoms with Gasteiger partial charge in [-0.25, -0.2) is 4.98 Å². The third-order valence-electron chi connectivity index (χ3n) is 8.50. The van der Waals surface area contributed by atoms with E-state index in [9.17, 15) is 0 Å². The van der Waals surface area contributed by atoms with Gasteiger partial charge in [-0.15, -0.1) is 0 Å². The van der Waals surface area contributed by atoms with Crippen molar-refractivity contribution in [3.05, 3.63) is 55.0 Å². The Bertz CT molecular complexity index is 1440. The fraction of sp³-hybridized carbons (Fsp3) is 0.469. The SMILES string of the molecule is COc1cc(OC)cc(N(CCCN2CCC(N3CCCCC3)C2)c2ccc3ncc(-c4cnn(C)c4)nc3c2)c1. The Hall–Kier alpha value is -3.69. The van der Waals surface area contributed by atoms with Crippen LogP contribution in [0.1, 0.15) is 32.1 Å². The van der Waals surface area contributed by atoms with Crippen molar-refractivity contribution in [2.75, 3.05) is 58.4 Å². The molecule has 1 atom stereocenters. The maximum absolute atomic E-state index is 5.63. The molecule has 4 heterocycles. The van der Waals surface area contributed by atoms with Crippen LogP contribution in [0.15, 0.2) is 55.0 Å². The summed E-state index contributed by atoms with van der Waals surface area (Å²) in [5.74, 6) is 1.54. The monoisotopic (exact) mass is 555 g/mol. The zero-order chi connectivity index (χ0) is 28.2. The van der Waals surface area contributed by atoms with E-state index in [1.54, 1.807) is 18.9 Å². The fourth-order valence-corrected chi connectivity index (χ4v) is 6.27. The van der Waals surface area contributed by atoms with Gasteiger partial charge in [0.15, 0.2) is 0 Å². The van der Waals surface area contributed by atoms with Crippen molar-refractivity contribution in [3.63, 3.8) is 0 Å². The minimum absolute atomic E-state index is 0.724. The van der Waals surface area contributed by atoms with Gasteiger partial charge in [0.2, 0.25) is 0 Å². The quantitative estimate of drug-likeness (QED) is 0.267. The maximum Gasteiger partial charge on any atom is 0.124 e. The maximum atomic E-state index is 5.63. The van der Waals surface area contributed by atoms with E-state index in [0.29, 0.717) is 0 Å². The van der Waals surface area contributed by atoms with E-state index < -0.39 is 0 Å². The standard InChI is InChI=1S/C32H41N7O2/c1-36-22-24(20-34-36)32-21-33-30-9-8-25(18-31(30)35-32)39(27-16-28(40-2)19-29(17-27)41-3)14-7-11-37-15-10-26(23-37)38-12-5-4-6-13-38/h8-9,16-22,26H,4-7,10-15,23H2,1-3H3. The predicted octanol–water partition coefficient (Wildman–Crippen LogP) is 5.14. The second-order valence-electron chi connectivity index (χ2n) is 11.2. The number of hydrogen-bond donors (Lipinski definition) is 0. The number of piperidine rings is 1. The lowest BCUT2D eigenvalue weighted by Crippen LogP contribution is -2.41. The van der Waals surface area contributed by atoms with Crippen LogP contribution in [0.5, 0.6) is 11.5 Å². The first kappa shape index (κ1) is 27.5. The zero-order valence-corrected chi connectivity index (χ0v) is 24.5. The largest absolute Gasteiger partial charge is 0.497 e. The number of aryl methyl sites for hydroxylation is 1. The van der Waals surface area contributed by atoms with Crippen molar-refractivity contribution in [1.82, 2.24) is 29.5 Å². The summed E-state index contributed by atoms with van der Waals surface area (Å²) in [7, 11) is 5.30. The van der Waals surface area contributed by atoms with E-state index >= 15 is 0 Å². The van der Waals surface area contributed by atoms with E-state index in [1.807, 2.05) is 31.7 Å². The summed E-state index contributed by atoms with van der Waals surface area (Å²) in [4.78, 5) is 17.4. The van der Waals surface area contributed by atoms with Crippen molar-refractivity contribution < 1.29 is 9.47 Å². The smallest absolute Gasteiger partial charge is 0.124 e. The van der Waals surface area contributed by atoms with Crippen LogP contribution in [0.2, 0.25) is 0 Å². The van der Waals surface area contributed by atoms with E-state index in [2.05, 4.69) is 55.1 Å². The van der Waals surface area contributed by atoms with Crippen LogP contribution in [-0.4, -0.2) is 89.1 Å². The molecule has 4 aromatic rings. The number of rotatable bonds is 10. The first-order valence-corrected chi connectivity index (χ1v) is 14.8. The van der Waals surface area contributed by atoms with Gasteiger partial charge in [-0.3, -0.25) is 14.6 Å². The van der Waals surface area contributed by atoms with Gasteiger partial charge in [0.25, 0.3) is 0 Å². The number of anilines is 2. The van der Waals surface area contributed by atoms with Crippen LogP contribution in [0.25, 0.3) is 22.3 Å². The average molecular weight is 556 g/mol. The molecule has 0 N–H and O–H groups in total. The van der Waals surface area contributed by atoms with Gasteiger partial charge in [0.05, 0.1) is 43.3 Å². The molecule has 41 heavy (non-hydrogen) atoms. The molecule has 1 unspecified atom stereocenters. The minimum atomic E-state index is 0.724. The third kappa shape index (κ3) is 6.31. The summed E-state index contributed by atoms with van der Waals surface area (Å²) in [6.07, 6.45) is 12.0. The van der Waals surface area contributed by atoms with Crippen molar-refractivity contribution in [3.8, 4) is 22.8 Å². The average Bonchev–Trinajstić information content (AvgIpc) is 3.68. The number of aromatic nitrogens is 4. The first-order valence-electron chi connectivity index (χ1n) is 14.8. The molecule has 2 aromatic heterocycles. The van der Waals surface area contributed by atoms with Crippen molar-refractivity contribution in [2.45, 2.75) is 38.1 Å². The van der Waals surface area contributed by atoms with Gasteiger partial charge in [-0.05, 0) is 70.1 Å². The Labute approximate surface area is 242 Å². The summed E-state index contributed by atoms with van der Waals surface area (Å²) in [5, 5.41) is 4.30. The van der Waals surface area contributed by atoms with Gasteiger partial charge in [0, 0.05) is 67.5 Å². The summed E-state index contributed by atoms with van der Waals surface area (Å²) in [5.41, 5.74) is 5.59. The van der Waals surface area contributed by atoms with Crippen LogP contribution in [0.3, 0.4) is 0 Å². The van der Waals surface area contributed by atoms with Gasteiger partial charge < -0.3 is 19.3 Å². The number of benzene rings is 2. The summed E-state index contributed by atoms with van der Waals surface area (Å²) in [6, 6.07) is 13.1. The van der Waals surface area contributed by atoms with Crippen molar-refractivity contribution in [1.29, 1.82) is 0 Å². The third-order valence-corrected chi connectivity index (χ3v) is 8.50. The molecule has 2 aromatic carbocycles. The van der Waals surface area contributed by atoms with Crippen LogP contribution in [0, 0.1) is 0 Å². The van der Waals surface area contributed by atoms with Gasteiger partial charge >= 0.3 is 0 Å². The van der Waals surface area contributed by atoms with E-state index in [1.165, 1.54) is 51.9 Å². The van der Waals surface area contributed by atoms with E-state index in [4.69, 9.17) is 14.5 Å². The Kier molecular flexibility index (Phi) is 8.34. The molecular formula is C32H41N7O2. The van der Waals surface area contributed by atoms with Gasteiger partial charge in [-0.2, -0.15) is 5.10 Å². The molecule has 2 fully saturated rings. The number of fused-ring (bicyclic) bond motifs is 1. The highest BCUT2D eigenvalue weighted by molar-refractivity contribution is 5.82. The highest BCUT2D eigenvalue weighted by Gasteiger charge is 2.28. The molecule has 0 saturated carbocycles. The Morgan fingerprint density at radius 2 is 1.71 bits per heavy atom. The van der Waals surface area contributed by atoms with Crippen molar-refractivity contribution in [2.24, 2.45) is 7.05 Å². The summed E-state index contributed by atoms with van der Waals surface area (Å²) < 4.78 is 13.0. The molecule has 216 valence electrons. The number of methoxy groups -OCH3 is 2. The second kappa shape index (κ2) is 12.4. The second-order valence-corrected chi connectivity index (χ2v) is 11.2. The van der Waals surface area contributed by atoms with Crippen LogP contribution >= 0.6 is 0 Å². The predicted molar refractivity (Wildman–Crippen MR) is 163 cm³/mol. The molecular weight excluding hydrogens is 514 g/mol. The molecule has 6 rings (SSSR count). The van der Waals surface area contributed by atoms with Gasteiger partial charge in [-0.1, -0.05) is 6.42 Å². The number of ether oxygens (including phenoxy) is 2. The Morgan fingerprint density at radius 3 is 2.44 bits per heavy atom. The molecule has 9 nitrogen and oxygen atoms in total. The molecule has 2 aliphatic rings. The van der Waals surface area contributed by atoms with Crippen LogP contribution in [0.4, 0.5) is 11.4 Å². The number of likely N-dealkylation sites (tertiary alicyclic amines) is 2. The topological polar surface area (TPSA) is 71.8 Å². The lowest BCUT2D eigenvalue weighted by Gasteiger charge is -2.32. The number of hydrogen-bond acceptors (Lipinski definition) is 8. The van der Waals surface area contributed by atoms with Crippen molar-refractivity contribution >= 4 is 22.4 Å². The van der Waals surface area contributed by atoms with Gasteiger partial charge in [0.1, 0.15) is 11.5 Å². The summed E-state index contributed by atoms with van der Waals surface area (Å²) >= 11 is 0. The normalized spacial score (nSPS) is 18.2. The highest BCUT2D eigenvalue weighted by Crippen LogP contribution is 2.34. The van der Waals surface area contributed by atoms with E-state index in [-0.39, 0.29) is 0 Å². The molecule has 2 aliphatic heterocycles. The Morgan fingerprint density at radius 1 is 0.902 bits per heavy atom. The van der Waals surface area contributed by atoms with Crippen LogP contribution < -0.4 is 14.4 Å². The molecule has 0 radical (unpaired) electrons. The highest BCUT2D eigenvalue weighted by atomic mass is 16.5. The van der Waals surface area contributed by atoms with Crippen LogP contribution in [-0.2, 0) is 7.05 Å². The fourth-order valence-electron chi connectivity index (χ4n) is 6.27. The minimum Gasteiger partial charge on any atom is -0.497 e. The lowest BCUT2D eigenvalue weighted by molar-refractivity contribution is 0.162. The molecule has 9 heteroatoms. The molecule has 0 aliphatic carbocycles. The Balaban J connectivity index is 1.24. The number of nitrogens with zero attached hydrogens (tertiary/aromatic N) is 7. The molecule has 0 spiro atoms.